The summed E-state index contributed by atoms with van der Waals surface area (Å²) in [5.74, 6) is -0.908. The van der Waals surface area contributed by atoms with Crippen LogP contribution in [0.25, 0.3) is 0 Å². The van der Waals surface area contributed by atoms with Crippen molar-refractivity contribution >= 4 is 15.6 Å². The van der Waals surface area contributed by atoms with Crippen LogP contribution in [-0.2, 0) is 15.6 Å². The average Bonchev–Trinajstić information content (AvgIpc) is 2.40. The van der Waals surface area contributed by atoms with E-state index in [1.807, 2.05) is 32.0 Å². The number of ketones is 1. The van der Waals surface area contributed by atoms with Gasteiger partial charge in [-0.25, -0.2) is 8.42 Å². The van der Waals surface area contributed by atoms with E-state index in [0.717, 1.165) is 16.7 Å². The maximum atomic E-state index is 12.2. The minimum atomic E-state index is -3.47. The molecule has 3 nitrogen and oxygen atoms in total. The van der Waals surface area contributed by atoms with Gasteiger partial charge in [0, 0.05) is 5.56 Å². The highest BCUT2D eigenvalue weighted by atomic mass is 32.2. The second kappa shape index (κ2) is 6.22. The number of Topliss-reactive ketones (excluding diaryl/α,β-unsaturated/α-hetero) is 1. The zero-order valence-electron chi connectivity index (χ0n) is 12.2. The number of carbonyl (C=O) groups is 1. The Labute approximate surface area is 125 Å². The molecule has 0 N–H and O–H groups in total. The third-order valence-electron chi connectivity index (χ3n) is 3.33. The lowest BCUT2D eigenvalue weighted by Gasteiger charge is -2.07. The van der Waals surface area contributed by atoms with Crippen LogP contribution in [0.4, 0.5) is 0 Å². The minimum Gasteiger partial charge on any atom is -0.293 e. The molecule has 0 aliphatic carbocycles. The third kappa shape index (κ3) is 4.26. The van der Waals surface area contributed by atoms with Crippen LogP contribution in [-0.4, -0.2) is 20.0 Å². The van der Waals surface area contributed by atoms with Crippen LogP contribution in [0, 0.1) is 13.8 Å². The smallest absolute Gasteiger partial charge is 0.177 e. The molecule has 0 bridgehead atoms. The first-order chi connectivity index (χ1) is 9.87. The molecule has 0 unspecified atom stereocenters. The first-order valence-corrected chi connectivity index (χ1v) is 8.54. The summed E-state index contributed by atoms with van der Waals surface area (Å²) in [6, 6.07) is 14.3. The Balaban J connectivity index is 2.15. The number of sulfone groups is 1. The van der Waals surface area contributed by atoms with Crippen molar-refractivity contribution in [1.29, 1.82) is 0 Å². The van der Waals surface area contributed by atoms with Crippen LogP contribution in [0.15, 0.2) is 48.5 Å². The largest absolute Gasteiger partial charge is 0.293 e. The van der Waals surface area contributed by atoms with Crippen LogP contribution in [0.2, 0.25) is 0 Å². The van der Waals surface area contributed by atoms with Crippen LogP contribution in [0.1, 0.15) is 27.0 Å². The van der Waals surface area contributed by atoms with E-state index in [9.17, 15) is 13.2 Å². The molecule has 21 heavy (non-hydrogen) atoms. The second-order valence-electron chi connectivity index (χ2n) is 5.25. The van der Waals surface area contributed by atoms with Gasteiger partial charge < -0.3 is 0 Å². The maximum absolute atomic E-state index is 12.2. The van der Waals surface area contributed by atoms with Crippen molar-refractivity contribution < 1.29 is 13.2 Å². The van der Waals surface area contributed by atoms with Gasteiger partial charge in [0.25, 0.3) is 0 Å². The SMILES string of the molecule is Cc1cccc(C(=O)CS(=O)(=O)Cc2ccccc2C)c1. The molecule has 2 aromatic rings. The first kappa shape index (κ1) is 15.4. The van der Waals surface area contributed by atoms with E-state index >= 15 is 0 Å². The fourth-order valence-corrected chi connectivity index (χ4v) is 3.63. The second-order valence-corrected chi connectivity index (χ2v) is 7.32. The fourth-order valence-electron chi connectivity index (χ4n) is 2.16. The minimum absolute atomic E-state index is 0.1000. The van der Waals surface area contributed by atoms with Gasteiger partial charge >= 0.3 is 0 Å². The molecule has 2 aromatic carbocycles. The molecule has 0 saturated carbocycles. The Morgan fingerprint density at radius 2 is 1.71 bits per heavy atom. The van der Waals surface area contributed by atoms with Gasteiger partial charge in [0.05, 0.1) is 5.75 Å². The van der Waals surface area contributed by atoms with Crippen LogP contribution < -0.4 is 0 Å². The Morgan fingerprint density at radius 3 is 2.38 bits per heavy atom. The summed E-state index contributed by atoms with van der Waals surface area (Å²) < 4.78 is 24.4. The molecule has 0 atom stereocenters. The van der Waals surface area contributed by atoms with E-state index in [-0.39, 0.29) is 11.5 Å². The Morgan fingerprint density at radius 1 is 1.00 bits per heavy atom. The summed E-state index contributed by atoms with van der Waals surface area (Å²) in [4.78, 5) is 12.1. The number of hydrogen-bond acceptors (Lipinski definition) is 3. The van der Waals surface area contributed by atoms with Gasteiger partial charge in [-0.05, 0) is 31.0 Å². The first-order valence-electron chi connectivity index (χ1n) is 6.72. The molecule has 0 radical (unpaired) electrons. The molecule has 0 aliphatic heterocycles. The van der Waals surface area contributed by atoms with Gasteiger partial charge in [-0.15, -0.1) is 0 Å². The number of aryl methyl sites for hydroxylation is 2. The summed E-state index contributed by atoms with van der Waals surface area (Å²) >= 11 is 0. The predicted molar refractivity (Wildman–Crippen MR) is 84.2 cm³/mol. The molecule has 0 fully saturated rings. The van der Waals surface area contributed by atoms with E-state index in [2.05, 4.69) is 0 Å². The van der Waals surface area contributed by atoms with Crippen molar-refractivity contribution in [3.8, 4) is 0 Å². The highest BCUT2D eigenvalue weighted by Gasteiger charge is 2.19. The van der Waals surface area contributed by atoms with Gasteiger partial charge in [-0.2, -0.15) is 0 Å². The van der Waals surface area contributed by atoms with Gasteiger partial charge in [0.1, 0.15) is 5.75 Å². The summed E-state index contributed by atoms with van der Waals surface area (Å²) in [6.45, 7) is 3.74. The molecular weight excluding hydrogens is 284 g/mol. The lowest BCUT2D eigenvalue weighted by Crippen LogP contribution is -2.18. The van der Waals surface area contributed by atoms with Crippen molar-refractivity contribution in [2.45, 2.75) is 19.6 Å². The predicted octanol–water partition coefficient (Wildman–Crippen LogP) is 3.10. The van der Waals surface area contributed by atoms with Gasteiger partial charge in [0.2, 0.25) is 0 Å². The average molecular weight is 302 g/mol. The molecule has 110 valence electrons. The van der Waals surface area contributed by atoms with E-state index in [1.54, 1.807) is 30.3 Å². The fraction of sp³-hybridized carbons (Fsp3) is 0.235. The monoisotopic (exact) mass is 302 g/mol. The molecule has 0 amide bonds. The number of hydrogen-bond donors (Lipinski definition) is 0. The Hall–Kier alpha value is -1.94. The number of rotatable bonds is 5. The standard InChI is InChI=1S/C17H18O3S/c1-13-6-5-9-15(10-13)17(18)12-21(19,20)11-16-8-4-3-7-14(16)2/h3-10H,11-12H2,1-2H3. The van der Waals surface area contributed by atoms with E-state index in [4.69, 9.17) is 0 Å². The molecule has 0 aliphatic rings. The molecule has 0 saturated heterocycles. The normalized spacial score (nSPS) is 11.3. The molecule has 0 heterocycles. The zero-order chi connectivity index (χ0) is 15.5. The number of carbonyl (C=O) groups excluding carboxylic acids is 1. The quantitative estimate of drug-likeness (QED) is 0.797. The summed E-state index contributed by atoms with van der Waals surface area (Å²) in [5, 5.41) is 0. The van der Waals surface area contributed by atoms with Gasteiger partial charge in [0.15, 0.2) is 15.6 Å². The summed E-state index contributed by atoms with van der Waals surface area (Å²) in [5.41, 5.74) is 3.05. The Kier molecular flexibility index (Phi) is 4.58. The van der Waals surface area contributed by atoms with E-state index < -0.39 is 15.6 Å². The highest BCUT2D eigenvalue weighted by Crippen LogP contribution is 2.13. The topological polar surface area (TPSA) is 51.2 Å². The molecule has 0 spiro atoms. The van der Waals surface area contributed by atoms with Gasteiger partial charge in [-0.1, -0.05) is 48.0 Å². The number of benzene rings is 2. The van der Waals surface area contributed by atoms with Crippen molar-refractivity contribution in [2.24, 2.45) is 0 Å². The van der Waals surface area contributed by atoms with E-state index in [1.165, 1.54) is 0 Å². The van der Waals surface area contributed by atoms with Crippen LogP contribution in [0.5, 0.6) is 0 Å². The molecular formula is C17H18O3S. The summed E-state index contributed by atoms with van der Waals surface area (Å²) in [6.07, 6.45) is 0. The zero-order valence-corrected chi connectivity index (χ0v) is 13.0. The third-order valence-corrected chi connectivity index (χ3v) is 4.78. The maximum Gasteiger partial charge on any atom is 0.177 e. The lowest BCUT2D eigenvalue weighted by atomic mass is 10.1. The van der Waals surface area contributed by atoms with Crippen molar-refractivity contribution in [1.82, 2.24) is 0 Å². The summed E-state index contributed by atoms with van der Waals surface area (Å²) in [7, 11) is -3.47. The molecule has 0 aromatic heterocycles. The molecule has 4 heteroatoms. The molecule has 2 rings (SSSR count). The van der Waals surface area contributed by atoms with Crippen LogP contribution in [0.3, 0.4) is 0 Å². The van der Waals surface area contributed by atoms with E-state index in [0.29, 0.717) is 5.56 Å². The highest BCUT2D eigenvalue weighted by molar-refractivity contribution is 7.91. The Bertz CT molecular complexity index is 761. The van der Waals surface area contributed by atoms with Crippen molar-refractivity contribution in [3.05, 3.63) is 70.8 Å². The van der Waals surface area contributed by atoms with Crippen molar-refractivity contribution in [2.75, 3.05) is 5.75 Å². The van der Waals surface area contributed by atoms with Gasteiger partial charge in [-0.3, -0.25) is 4.79 Å². The van der Waals surface area contributed by atoms with Crippen molar-refractivity contribution in [3.63, 3.8) is 0 Å². The lowest BCUT2D eigenvalue weighted by molar-refractivity contribution is 0.102. The van der Waals surface area contributed by atoms with Crippen LogP contribution >= 0.6 is 0 Å².